The van der Waals surface area contributed by atoms with Crippen molar-refractivity contribution in [2.45, 2.75) is 13.0 Å². The Labute approximate surface area is 139 Å². The summed E-state index contributed by atoms with van der Waals surface area (Å²) in [6.45, 7) is 6.03. The molecule has 1 aromatic carbocycles. The number of esters is 1. The van der Waals surface area contributed by atoms with Gasteiger partial charge < -0.3 is 9.47 Å². The van der Waals surface area contributed by atoms with Crippen molar-refractivity contribution in [2.75, 3.05) is 32.8 Å². The van der Waals surface area contributed by atoms with Crippen LogP contribution in [0.3, 0.4) is 0 Å². The number of nitrogens with zero attached hydrogens (tertiary/aromatic N) is 1. The van der Waals surface area contributed by atoms with Gasteiger partial charge in [0.15, 0.2) is 0 Å². The first kappa shape index (κ1) is 17.7. The molecule has 6 heteroatoms. The van der Waals surface area contributed by atoms with Crippen molar-refractivity contribution < 1.29 is 14.3 Å². The minimum atomic E-state index is -0.245. The Morgan fingerprint density at radius 2 is 2.05 bits per heavy atom. The molecule has 0 amide bonds. The van der Waals surface area contributed by atoms with Gasteiger partial charge in [0.25, 0.3) is 0 Å². The van der Waals surface area contributed by atoms with Crippen LogP contribution < -0.4 is 0 Å². The maximum absolute atomic E-state index is 12.0. The van der Waals surface area contributed by atoms with Crippen LogP contribution in [0.2, 0.25) is 0 Å². The van der Waals surface area contributed by atoms with Gasteiger partial charge in [-0.05, 0) is 41.6 Å². The smallest absolute Gasteiger partial charge is 0.339 e. The molecule has 1 aliphatic rings. The predicted octanol–water partition coefficient (Wildman–Crippen LogP) is 2.59. The summed E-state index contributed by atoms with van der Waals surface area (Å²) in [5.74, 6) is -0.245. The maximum atomic E-state index is 12.0. The van der Waals surface area contributed by atoms with Crippen LogP contribution in [0.25, 0.3) is 0 Å². The van der Waals surface area contributed by atoms with E-state index in [-0.39, 0.29) is 24.5 Å². The lowest BCUT2D eigenvalue weighted by Gasteiger charge is -2.28. The molecule has 0 radical (unpaired) electrons. The zero-order valence-corrected chi connectivity index (χ0v) is 14.4. The van der Waals surface area contributed by atoms with Gasteiger partial charge >= 0.3 is 5.97 Å². The number of carbonyl (C=O) groups excluding carboxylic acids is 1. The minimum Gasteiger partial charge on any atom is -0.458 e. The molecule has 1 atom stereocenters. The zero-order chi connectivity index (χ0) is 13.7. The molecule has 1 unspecified atom stereocenters. The third-order valence-corrected chi connectivity index (χ3v) is 3.96. The molecular weight excluding hydrogens is 393 g/mol. The van der Waals surface area contributed by atoms with Crippen LogP contribution in [0.15, 0.2) is 24.3 Å². The molecule has 0 spiro atoms. The molecule has 0 aromatic heterocycles. The Kier molecular flexibility index (Phi) is 7.79. The third kappa shape index (κ3) is 5.20. The predicted molar refractivity (Wildman–Crippen MR) is 88.5 cm³/mol. The van der Waals surface area contributed by atoms with Crippen molar-refractivity contribution in [1.29, 1.82) is 0 Å². The lowest BCUT2D eigenvalue weighted by molar-refractivity contribution is 0.000388. The van der Waals surface area contributed by atoms with Gasteiger partial charge in [-0.2, -0.15) is 0 Å². The summed E-state index contributed by atoms with van der Waals surface area (Å²) >= 11 is 2.15. The van der Waals surface area contributed by atoms with Gasteiger partial charge in [-0.1, -0.05) is 12.1 Å². The van der Waals surface area contributed by atoms with E-state index in [2.05, 4.69) is 27.5 Å². The second kappa shape index (κ2) is 8.81. The third-order valence-electron chi connectivity index (χ3n) is 3.02. The fourth-order valence-corrected chi connectivity index (χ4v) is 2.67. The summed E-state index contributed by atoms with van der Waals surface area (Å²) in [5, 5.41) is 0. The zero-order valence-electron chi connectivity index (χ0n) is 11.4. The van der Waals surface area contributed by atoms with E-state index in [9.17, 15) is 4.79 Å². The second-order valence-corrected chi connectivity index (χ2v) is 5.77. The highest BCUT2D eigenvalue weighted by Gasteiger charge is 2.18. The molecule has 0 N–H and O–H groups in total. The first-order valence-corrected chi connectivity index (χ1v) is 7.50. The van der Waals surface area contributed by atoms with E-state index in [0.29, 0.717) is 5.56 Å². The molecule has 0 aliphatic carbocycles. The van der Waals surface area contributed by atoms with Crippen molar-refractivity contribution in [3.05, 3.63) is 33.4 Å². The van der Waals surface area contributed by atoms with Gasteiger partial charge in [-0.25, -0.2) is 4.79 Å². The van der Waals surface area contributed by atoms with Crippen LogP contribution in [0, 0.1) is 3.57 Å². The molecule has 1 aliphatic heterocycles. The Morgan fingerprint density at radius 1 is 1.40 bits per heavy atom. The molecule has 4 nitrogen and oxygen atoms in total. The molecule has 1 saturated heterocycles. The lowest BCUT2D eigenvalue weighted by atomic mass is 10.2. The average molecular weight is 412 g/mol. The summed E-state index contributed by atoms with van der Waals surface area (Å²) in [7, 11) is 0. The van der Waals surface area contributed by atoms with Gasteiger partial charge in [-0.15, -0.1) is 12.4 Å². The maximum Gasteiger partial charge on any atom is 0.339 e. The van der Waals surface area contributed by atoms with E-state index in [0.717, 1.165) is 36.4 Å². The number of hydrogen-bond donors (Lipinski definition) is 0. The number of benzene rings is 1. The van der Waals surface area contributed by atoms with Gasteiger partial charge in [-0.3, -0.25) is 4.90 Å². The lowest BCUT2D eigenvalue weighted by Crippen LogP contribution is -2.41. The molecule has 0 saturated carbocycles. The first-order valence-electron chi connectivity index (χ1n) is 6.42. The topological polar surface area (TPSA) is 38.8 Å². The molecular formula is C14H19ClINO3. The summed E-state index contributed by atoms with van der Waals surface area (Å²) in [6.07, 6.45) is -0.110. The van der Waals surface area contributed by atoms with Crippen molar-refractivity contribution in [3.8, 4) is 0 Å². The highest BCUT2D eigenvalue weighted by molar-refractivity contribution is 14.1. The summed E-state index contributed by atoms with van der Waals surface area (Å²) < 4.78 is 11.7. The standard InChI is InChI=1S/C14H18INO3.ClH/c1-11(10-16-6-8-18-9-7-16)19-14(17)12-4-2-3-5-13(12)15;/h2-5,11H,6-10H2,1H3;1H. The summed E-state index contributed by atoms with van der Waals surface area (Å²) in [5.41, 5.74) is 0.636. The van der Waals surface area contributed by atoms with Crippen LogP contribution in [0.4, 0.5) is 0 Å². The van der Waals surface area contributed by atoms with Gasteiger partial charge in [0.1, 0.15) is 6.10 Å². The largest absolute Gasteiger partial charge is 0.458 e. The van der Waals surface area contributed by atoms with Crippen molar-refractivity contribution in [2.24, 2.45) is 0 Å². The van der Waals surface area contributed by atoms with E-state index in [1.807, 2.05) is 25.1 Å². The monoisotopic (exact) mass is 411 g/mol. The van der Waals surface area contributed by atoms with E-state index in [1.54, 1.807) is 6.07 Å². The Morgan fingerprint density at radius 3 is 2.70 bits per heavy atom. The molecule has 112 valence electrons. The second-order valence-electron chi connectivity index (χ2n) is 4.61. The molecule has 1 fully saturated rings. The highest BCUT2D eigenvalue weighted by atomic mass is 127. The molecule has 1 heterocycles. The highest BCUT2D eigenvalue weighted by Crippen LogP contribution is 2.14. The van der Waals surface area contributed by atoms with E-state index < -0.39 is 0 Å². The fraction of sp³-hybridized carbons (Fsp3) is 0.500. The number of rotatable bonds is 4. The molecule has 2 rings (SSSR count). The van der Waals surface area contributed by atoms with Crippen molar-refractivity contribution >= 4 is 41.0 Å². The fourth-order valence-electron chi connectivity index (χ4n) is 2.06. The van der Waals surface area contributed by atoms with Crippen LogP contribution in [0.5, 0.6) is 0 Å². The number of morpholine rings is 1. The number of hydrogen-bond acceptors (Lipinski definition) is 4. The Bertz CT molecular complexity index is 438. The molecule has 20 heavy (non-hydrogen) atoms. The minimum absolute atomic E-state index is 0. The van der Waals surface area contributed by atoms with E-state index in [4.69, 9.17) is 9.47 Å². The van der Waals surface area contributed by atoms with Crippen molar-refractivity contribution in [1.82, 2.24) is 4.90 Å². The average Bonchev–Trinajstić information content (AvgIpc) is 2.40. The van der Waals surface area contributed by atoms with Gasteiger partial charge in [0.2, 0.25) is 0 Å². The van der Waals surface area contributed by atoms with Crippen LogP contribution in [-0.2, 0) is 9.47 Å². The van der Waals surface area contributed by atoms with E-state index in [1.165, 1.54) is 0 Å². The molecule has 1 aromatic rings. The van der Waals surface area contributed by atoms with Crippen LogP contribution in [-0.4, -0.2) is 49.8 Å². The quantitative estimate of drug-likeness (QED) is 0.564. The Balaban J connectivity index is 0.00000200. The SMILES string of the molecule is CC(CN1CCOCC1)OC(=O)c1ccccc1I.Cl. The summed E-state index contributed by atoms with van der Waals surface area (Å²) in [6, 6.07) is 7.47. The van der Waals surface area contributed by atoms with Crippen LogP contribution >= 0.6 is 35.0 Å². The summed E-state index contributed by atoms with van der Waals surface area (Å²) in [4.78, 5) is 14.3. The van der Waals surface area contributed by atoms with Crippen LogP contribution in [0.1, 0.15) is 17.3 Å². The number of carbonyl (C=O) groups is 1. The number of halogens is 2. The van der Waals surface area contributed by atoms with Gasteiger partial charge in [0, 0.05) is 23.2 Å². The Hall–Kier alpha value is -0.370. The first-order chi connectivity index (χ1) is 9.16. The number of ether oxygens (including phenoxy) is 2. The molecule has 0 bridgehead atoms. The van der Waals surface area contributed by atoms with Gasteiger partial charge in [0.05, 0.1) is 18.8 Å². The van der Waals surface area contributed by atoms with E-state index >= 15 is 0 Å². The van der Waals surface area contributed by atoms with Crippen molar-refractivity contribution in [3.63, 3.8) is 0 Å². The normalized spacial score (nSPS) is 17.1.